The van der Waals surface area contributed by atoms with Gasteiger partial charge in [-0.05, 0) is 42.7 Å². The molecular formula is C20H23FN2O4S. The molecule has 2 aromatic rings. The second-order valence-electron chi connectivity index (χ2n) is 6.87. The normalized spacial score (nSPS) is 15.9. The highest BCUT2D eigenvalue weighted by Gasteiger charge is 2.28. The third kappa shape index (κ3) is 5.53. The Balaban J connectivity index is 1.55. The van der Waals surface area contributed by atoms with Crippen LogP contribution in [-0.2, 0) is 21.4 Å². The van der Waals surface area contributed by atoms with Crippen LogP contribution in [0.2, 0.25) is 0 Å². The highest BCUT2D eigenvalue weighted by molar-refractivity contribution is 7.88. The predicted molar refractivity (Wildman–Crippen MR) is 105 cm³/mol. The van der Waals surface area contributed by atoms with E-state index in [1.165, 1.54) is 22.7 Å². The van der Waals surface area contributed by atoms with Crippen LogP contribution in [0, 0.1) is 11.7 Å². The highest BCUT2D eigenvalue weighted by Crippen LogP contribution is 2.23. The van der Waals surface area contributed by atoms with Crippen LogP contribution in [0.15, 0.2) is 48.5 Å². The summed E-state index contributed by atoms with van der Waals surface area (Å²) in [5, 5.41) is 2.87. The van der Waals surface area contributed by atoms with E-state index in [2.05, 4.69) is 5.32 Å². The molecule has 1 saturated heterocycles. The molecule has 1 fully saturated rings. The van der Waals surface area contributed by atoms with E-state index in [1.54, 1.807) is 36.4 Å². The van der Waals surface area contributed by atoms with Gasteiger partial charge in [0.1, 0.15) is 18.2 Å². The van der Waals surface area contributed by atoms with E-state index in [0.29, 0.717) is 42.9 Å². The first kappa shape index (κ1) is 20.3. The Morgan fingerprint density at radius 1 is 1.18 bits per heavy atom. The van der Waals surface area contributed by atoms with E-state index >= 15 is 0 Å². The van der Waals surface area contributed by atoms with Crippen molar-refractivity contribution in [2.75, 3.05) is 24.7 Å². The monoisotopic (exact) mass is 406 g/mol. The molecule has 0 bridgehead atoms. The fraction of sp³-hybridized carbons (Fsp3) is 0.350. The van der Waals surface area contributed by atoms with Crippen LogP contribution in [0.4, 0.5) is 10.1 Å². The molecule has 0 aliphatic carbocycles. The van der Waals surface area contributed by atoms with Crippen molar-refractivity contribution in [1.29, 1.82) is 0 Å². The molecule has 0 spiro atoms. The molecule has 150 valence electrons. The van der Waals surface area contributed by atoms with Crippen LogP contribution in [0.3, 0.4) is 0 Å². The number of hydrogen-bond donors (Lipinski definition) is 1. The summed E-state index contributed by atoms with van der Waals surface area (Å²) >= 11 is 0. The van der Waals surface area contributed by atoms with Gasteiger partial charge >= 0.3 is 0 Å². The zero-order valence-corrected chi connectivity index (χ0v) is 16.4. The molecule has 0 atom stereocenters. The van der Waals surface area contributed by atoms with Crippen LogP contribution in [-0.4, -0.2) is 38.0 Å². The molecule has 28 heavy (non-hydrogen) atoms. The van der Waals surface area contributed by atoms with Crippen LogP contribution in [0.5, 0.6) is 5.75 Å². The summed E-state index contributed by atoms with van der Waals surface area (Å²) in [5.41, 5.74) is 1.32. The largest absolute Gasteiger partial charge is 0.489 e. The van der Waals surface area contributed by atoms with E-state index in [4.69, 9.17) is 4.74 Å². The number of ether oxygens (including phenoxy) is 1. The standard InChI is InChI=1S/C20H23FN2O4S/c1-28(25,26)23-10-8-16(9-11-23)20(24)22-18-6-3-7-19(13-18)27-14-15-4-2-5-17(21)12-15/h2-7,12-13,16H,8-11,14H2,1H3,(H,22,24). The minimum Gasteiger partial charge on any atom is -0.489 e. The van der Waals surface area contributed by atoms with E-state index in [1.807, 2.05) is 0 Å². The molecule has 1 amide bonds. The number of rotatable bonds is 6. The Bertz CT molecular complexity index is 941. The van der Waals surface area contributed by atoms with Crippen molar-refractivity contribution in [3.63, 3.8) is 0 Å². The smallest absolute Gasteiger partial charge is 0.227 e. The van der Waals surface area contributed by atoms with Gasteiger partial charge in [0.05, 0.1) is 6.26 Å². The minimum absolute atomic E-state index is 0.129. The third-order valence-electron chi connectivity index (χ3n) is 4.69. The second kappa shape index (κ2) is 8.70. The number of piperidine rings is 1. The van der Waals surface area contributed by atoms with Crippen LogP contribution in [0.25, 0.3) is 0 Å². The molecule has 1 aliphatic heterocycles. The van der Waals surface area contributed by atoms with Gasteiger partial charge in [-0.2, -0.15) is 0 Å². The molecular weight excluding hydrogens is 383 g/mol. The van der Waals surface area contributed by atoms with Gasteiger partial charge in [-0.3, -0.25) is 4.79 Å². The summed E-state index contributed by atoms with van der Waals surface area (Å²) in [7, 11) is -3.21. The van der Waals surface area contributed by atoms with E-state index < -0.39 is 10.0 Å². The minimum atomic E-state index is -3.21. The number of amides is 1. The highest BCUT2D eigenvalue weighted by atomic mass is 32.2. The zero-order valence-electron chi connectivity index (χ0n) is 15.6. The average molecular weight is 406 g/mol. The molecule has 6 nitrogen and oxygen atoms in total. The molecule has 0 radical (unpaired) electrons. The number of halogens is 1. The number of anilines is 1. The summed E-state index contributed by atoms with van der Waals surface area (Å²) in [6.07, 6.45) is 2.17. The first-order valence-electron chi connectivity index (χ1n) is 9.04. The Hall–Kier alpha value is -2.45. The number of carbonyl (C=O) groups is 1. The van der Waals surface area contributed by atoms with Gasteiger partial charge in [0.15, 0.2) is 0 Å². The zero-order chi connectivity index (χ0) is 20.1. The van der Waals surface area contributed by atoms with Crippen LogP contribution >= 0.6 is 0 Å². The van der Waals surface area contributed by atoms with E-state index in [0.717, 1.165) is 0 Å². The van der Waals surface area contributed by atoms with Gasteiger partial charge in [-0.25, -0.2) is 17.1 Å². The first-order chi connectivity index (χ1) is 13.3. The summed E-state index contributed by atoms with van der Waals surface area (Å²) in [4.78, 5) is 12.5. The molecule has 0 unspecified atom stereocenters. The predicted octanol–water partition coefficient (Wildman–Crippen LogP) is 3.01. The number of carbonyl (C=O) groups excluding carboxylic acids is 1. The van der Waals surface area contributed by atoms with Gasteiger partial charge < -0.3 is 10.1 Å². The molecule has 1 N–H and O–H groups in total. The molecule has 0 saturated carbocycles. The lowest BCUT2D eigenvalue weighted by atomic mass is 9.97. The lowest BCUT2D eigenvalue weighted by Gasteiger charge is -2.29. The van der Waals surface area contributed by atoms with Gasteiger partial charge in [-0.1, -0.05) is 18.2 Å². The van der Waals surface area contributed by atoms with Gasteiger partial charge in [0.2, 0.25) is 15.9 Å². The Kier molecular flexibility index (Phi) is 6.31. The lowest BCUT2D eigenvalue weighted by molar-refractivity contribution is -0.120. The second-order valence-corrected chi connectivity index (χ2v) is 8.85. The fourth-order valence-corrected chi connectivity index (χ4v) is 4.03. The Labute approximate surface area is 164 Å². The van der Waals surface area contributed by atoms with Crippen molar-refractivity contribution >= 4 is 21.6 Å². The van der Waals surface area contributed by atoms with Gasteiger partial charge in [0, 0.05) is 30.8 Å². The van der Waals surface area contributed by atoms with Crippen LogP contribution in [0.1, 0.15) is 18.4 Å². The van der Waals surface area contributed by atoms with Gasteiger partial charge in [0.25, 0.3) is 0 Å². The quantitative estimate of drug-likeness (QED) is 0.800. The molecule has 1 aliphatic rings. The number of sulfonamides is 1. The van der Waals surface area contributed by atoms with Crippen molar-refractivity contribution in [2.24, 2.45) is 5.92 Å². The number of hydrogen-bond acceptors (Lipinski definition) is 4. The maximum absolute atomic E-state index is 13.2. The molecule has 3 rings (SSSR count). The molecule has 2 aromatic carbocycles. The van der Waals surface area contributed by atoms with E-state index in [9.17, 15) is 17.6 Å². The number of benzene rings is 2. The third-order valence-corrected chi connectivity index (χ3v) is 5.99. The molecule has 8 heteroatoms. The first-order valence-corrected chi connectivity index (χ1v) is 10.9. The lowest BCUT2D eigenvalue weighted by Crippen LogP contribution is -2.40. The topological polar surface area (TPSA) is 75.7 Å². The molecule has 0 aromatic heterocycles. The Morgan fingerprint density at radius 3 is 2.57 bits per heavy atom. The SMILES string of the molecule is CS(=O)(=O)N1CCC(C(=O)Nc2cccc(OCc3cccc(F)c3)c2)CC1. The molecule has 1 heterocycles. The average Bonchev–Trinajstić information content (AvgIpc) is 2.66. The summed E-state index contributed by atoms with van der Waals surface area (Å²) in [5.74, 6) is -0.108. The summed E-state index contributed by atoms with van der Waals surface area (Å²) in [6, 6.07) is 13.2. The van der Waals surface area contributed by atoms with Crippen LogP contribution < -0.4 is 10.1 Å². The van der Waals surface area contributed by atoms with Crippen molar-refractivity contribution < 1.29 is 22.3 Å². The number of nitrogens with one attached hydrogen (secondary N) is 1. The van der Waals surface area contributed by atoms with Crippen molar-refractivity contribution in [2.45, 2.75) is 19.4 Å². The van der Waals surface area contributed by atoms with E-state index in [-0.39, 0.29) is 24.2 Å². The summed E-state index contributed by atoms with van der Waals surface area (Å²) < 4.78 is 43.4. The van der Waals surface area contributed by atoms with Crippen molar-refractivity contribution in [1.82, 2.24) is 4.31 Å². The fourth-order valence-electron chi connectivity index (χ4n) is 3.15. The van der Waals surface area contributed by atoms with Crippen molar-refractivity contribution in [3.05, 3.63) is 59.9 Å². The Morgan fingerprint density at radius 2 is 1.89 bits per heavy atom. The summed E-state index contributed by atoms with van der Waals surface area (Å²) in [6.45, 7) is 0.931. The van der Waals surface area contributed by atoms with Gasteiger partial charge in [-0.15, -0.1) is 0 Å². The maximum Gasteiger partial charge on any atom is 0.227 e. The van der Waals surface area contributed by atoms with Crippen molar-refractivity contribution in [3.8, 4) is 5.75 Å². The number of nitrogens with zero attached hydrogens (tertiary/aromatic N) is 1. The maximum atomic E-state index is 13.2.